The highest BCUT2D eigenvalue weighted by atomic mass is 32.1. The van der Waals surface area contributed by atoms with Crippen LogP contribution in [0.25, 0.3) is 11.4 Å². The first-order valence-electron chi connectivity index (χ1n) is 8.73. The maximum atomic E-state index is 13.1. The topological polar surface area (TPSA) is 84.8 Å². The Labute approximate surface area is 164 Å². The molecule has 0 radical (unpaired) electrons. The first-order valence-corrected chi connectivity index (χ1v) is 9.61. The number of hydrogen-bond donors (Lipinski definition) is 1. The molecule has 28 heavy (non-hydrogen) atoms. The molecule has 0 atom stereocenters. The van der Waals surface area contributed by atoms with E-state index in [1.807, 2.05) is 48.7 Å². The second-order valence-electron chi connectivity index (χ2n) is 5.95. The molecule has 0 saturated heterocycles. The standard InChI is InChI=1S/C20H17N5O2S/c1-2-14-13-28-20(21-14)23-22-17-18(26)24(15-9-5-3-6-10-15)25(19(17)27)16-11-7-4-8-12-16/h3-13,26H,2H2,1H3. The maximum absolute atomic E-state index is 13.1. The molecule has 0 aliphatic rings. The van der Waals surface area contributed by atoms with Crippen LogP contribution in [0.2, 0.25) is 0 Å². The van der Waals surface area contributed by atoms with Crippen LogP contribution < -0.4 is 5.56 Å². The lowest BCUT2D eigenvalue weighted by Crippen LogP contribution is -2.20. The van der Waals surface area contributed by atoms with Gasteiger partial charge in [0.15, 0.2) is 0 Å². The lowest BCUT2D eigenvalue weighted by Gasteiger charge is -2.12. The van der Waals surface area contributed by atoms with Gasteiger partial charge in [-0.05, 0) is 30.7 Å². The third kappa shape index (κ3) is 3.25. The molecule has 0 amide bonds. The second kappa shape index (κ2) is 7.61. The molecule has 0 bridgehead atoms. The van der Waals surface area contributed by atoms with Crippen LogP contribution in [0.1, 0.15) is 12.6 Å². The van der Waals surface area contributed by atoms with Crippen molar-refractivity contribution in [1.82, 2.24) is 14.3 Å². The number of hydrogen-bond acceptors (Lipinski definition) is 6. The van der Waals surface area contributed by atoms with Gasteiger partial charge in [-0.3, -0.25) is 4.79 Å². The van der Waals surface area contributed by atoms with Crippen LogP contribution in [0.4, 0.5) is 10.8 Å². The van der Waals surface area contributed by atoms with Crippen molar-refractivity contribution in [3.05, 3.63) is 82.1 Å². The van der Waals surface area contributed by atoms with E-state index in [0.29, 0.717) is 16.5 Å². The van der Waals surface area contributed by atoms with Gasteiger partial charge in [0.1, 0.15) is 0 Å². The predicted molar refractivity (Wildman–Crippen MR) is 109 cm³/mol. The maximum Gasteiger partial charge on any atom is 0.303 e. The third-order valence-corrected chi connectivity index (χ3v) is 4.92. The summed E-state index contributed by atoms with van der Waals surface area (Å²) in [6.45, 7) is 2.00. The zero-order chi connectivity index (χ0) is 19.5. The Hall–Kier alpha value is -3.52. The van der Waals surface area contributed by atoms with Gasteiger partial charge >= 0.3 is 5.56 Å². The number of aryl methyl sites for hydroxylation is 1. The average molecular weight is 391 g/mol. The summed E-state index contributed by atoms with van der Waals surface area (Å²) in [6, 6.07) is 18.2. The van der Waals surface area contributed by atoms with Crippen LogP contribution >= 0.6 is 11.3 Å². The Morgan fingerprint density at radius 3 is 2.14 bits per heavy atom. The van der Waals surface area contributed by atoms with E-state index in [1.165, 1.54) is 20.7 Å². The Bertz CT molecular complexity index is 1180. The first-order chi connectivity index (χ1) is 13.7. The summed E-state index contributed by atoms with van der Waals surface area (Å²) in [5.74, 6) is -0.281. The summed E-state index contributed by atoms with van der Waals surface area (Å²) in [4.78, 5) is 17.4. The Kier molecular flexibility index (Phi) is 4.86. The molecule has 140 valence electrons. The molecule has 0 aliphatic carbocycles. The number of nitrogens with zero attached hydrogens (tertiary/aromatic N) is 5. The van der Waals surface area contributed by atoms with Crippen LogP contribution in [0, 0.1) is 0 Å². The molecule has 8 heteroatoms. The van der Waals surface area contributed by atoms with Crippen molar-refractivity contribution in [2.75, 3.05) is 0 Å². The quantitative estimate of drug-likeness (QED) is 0.497. The van der Waals surface area contributed by atoms with E-state index in [-0.39, 0.29) is 11.6 Å². The fourth-order valence-electron chi connectivity index (χ4n) is 2.78. The second-order valence-corrected chi connectivity index (χ2v) is 6.78. The summed E-state index contributed by atoms with van der Waals surface area (Å²) in [5, 5.41) is 21.2. The zero-order valence-corrected chi connectivity index (χ0v) is 15.9. The number of aromatic nitrogens is 3. The van der Waals surface area contributed by atoms with Crippen LogP contribution in [-0.2, 0) is 6.42 Å². The van der Waals surface area contributed by atoms with Gasteiger partial charge in [-0.25, -0.2) is 14.3 Å². The van der Waals surface area contributed by atoms with Crippen molar-refractivity contribution in [2.45, 2.75) is 13.3 Å². The summed E-state index contributed by atoms with van der Waals surface area (Å²) in [5.41, 5.74) is 1.54. The number of benzene rings is 2. The molecule has 0 fully saturated rings. The van der Waals surface area contributed by atoms with Crippen LogP contribution in [0.3, 0.4) is 0 Å². The molecular weight excluding hydrogens is 374 g/mol. The van der Waals surface area contributed by atoms with Crippen LogP contribution in [0.15, 0.2) is 81.1 Å². The molecule has 4 aromatic rings. The van der Waals surface area contributed by atoms with E-state index in [4.69, 9.17) is 0 Å². The van der Waals surface area contributed by atoms with Gasteiger partial charge in [-0.1, -0.05) is 43.3 Å². The number of thiazole rings is 1. The summed E-state index contributed by atoms with van der Waals surface area (Å²) in [6.07, 6.45) is 0.794. The van der Waals surface area contributed by atoms with Crippen molar-refractivity contribution in [3.8, 4) is 17.3 Å². The third-order valence-electron chi connectivity index (χ3n) is 4.15. The number of aromatic hydroxyl groups is 1. The van der Waals surface area contributed by atoms with Gasteiger partial charge in [0.25, 0.3) is 0 Å². The Balaban J connectivity index is 1.89. The van der Waals surface area contributed by atoms with Crippen molar-refractivity contribution in [1.29, 1.82) is 0 Å². The molecule has 2 heterocycles. The van der Waals surface area contributed by atoms with Gasteiger partial charge in [0.05, 0.1) is 17.1 Å². The van der Waals surface area contributed by atoms with Gasteiger partial charge < -0.3 is 5.11 Å². The highest BCUT2D eigenvalue weighted by molar-refractivity contribution is 7.13. The highest BCUT2D eigenvalue weighted by Crippen LogP contribution is 2.30. The monoisotopic (exact) mass is 391 g/mol. The minimum Gasteiger partial charge on any atom is -0.492 e. The lowest BCUT2D eigenvalue weighted by atomic mass is 10.3. The number of para-hydroxylation sites is 2. The lowest BCUT2D eigenvalue weighted by molar-refractivity contribution is 0.426. The fourth-order valence-corrected chi connectivity index (χ4v) is 3.49. The predicted octanol–water partition coefficient (Wildman–Crippen LogP) is 4.77. The fraction of sp³-hybridized carbons (Fsp3) is 0.100. The van der Waals surface area contributed by atoms with E-state index in [1.54, 1.807) is 24.3 Å². The van der Waals surface area contributed by atoms with E-state index in [9.17, 15) is 9.90 Å². The molecule has 4 rings (SSSR count). The highest BCUT2D eigenvalue weighted by Gasteiger charge is 2.22. The van der Waals surface area contributed by atoms with Crippen molar-refractivity contribution >= 4 is 22.2 Å². The van der Waals surface area contributed by atoms with E-state index in [0.717, 1.165) is 12.1 Å². The van der Waals surface area contributed by atoms with Crippen molar-refractivity contribution in [3.63, 3.8) is 0 Å². The SMILES string of the molecule is CCc1csc(N=Nc2c(O)n(-c3ccccc3)n(-c3ccccc3)c2=O)n1. The summed E-state index contributed by atoms with van der Waals surface area (Å²) < 4.78 is 2.80. The van der Waals surface area contributed by atoms with Crippen LogP contribution in [0.5, 0.6) is 5.88 Å². The molecule has 0 saturated carbocycles. The van der Waals surface area contributed by atoms with E-state index in [2.05, 4.69) is 15.2 Å². The zero-order valence-electron chi connectivity index (χ0n) is 15.1. The van der Waals surface area contributed by atoms with Crippen molar-refractivity contribution in [2.24, 2.45) is 10.2 Å². The van der Waals surface area contributed by atoms with E-state index >= 15 is 0 Å². The molecule has 0 unspecified atom stereocenters. The first kappa shape index (κ1) is 17.9. The molecule has 0 spiro atoms. The van der Waals surface area contributed by atoms with Crippen molar-refractivity contribution < 1.29 is 5.11 Å². The summed E-state index contributed by atoms with van der Waals surface area (Å²) in [7, 11) is 0. The molecule has 0 aliphatic heterocycles. The largest absolute Gasteiger partial charge is 0.492 e. The molecule has 7 nitrogen and oxygen atoms in total. The van der Waals surface area contributed by atoms with Gasteiger partial charge in [0.2, 0.25) is 16.7 Å². The molecule has 1 N–H and O–H groups in total. The van der Waals surface area contributed by atoms with E-state index < -0.39 is 5.56 Å². The average Bonchev–Trinajstić information content (AvgIpc) is 3.30. The molecular formula is C20H17N5O2S. The molecule has 2 aromatic carbocycles. The summed E-state index contributed by atoms with van der Waals surface area (Å²) >= 11 is 1.34. The minimum atomic E-state index is -0.469. The smallest absolute Gasteiger partial charge is 0.303 e. The Morgan fingerprint density at radius 2 is 1.57 bits per heavy atom. The molecule has 2 aromatic heterocycles. The normalized spacial score (nSPS) is 11.3. The van der Waals surface area contributed by atoms with Crippen LogP contribution in [-0.4, -0.2) is 19.5 Å². The number of azo groups is 1. The van der Waals surface area contributed by atoms with Gasteiger partial charge in [0, 0.05) is 5.38 Å². The van der Waals surface area contributed by atoms with Gasteiger partial charge in [-0.2, -0.15) is 0 Å². The van der Waals surface area contributed by atoms with Gasteiger partial charge in [-0.15, -0.1) is 21.6 Å². The minimum absolute atomic E-state index is 0.138. The number of rotatable bonds is 5. The Morgan fingerprint density at radius 1 is 0.964 bits per heavy atom.